The number of carbonyl (C=O) groups excluding carboxylic acids is 1. The molecule has 1 amide bonds. The predicted octanol–water partition coefficient (Wildman–Crippen LogP) is 1.92. The van der Waals surface area contributed by atoms with Gasteiger partial charge in [0, 0.05) is 17.3 Å². The number of hydrogen-bond acceptors (Lipinski definition) is 4. The Morgan fingerprint density at radius 2 is 2.35 bits per heavy atom. The maximum atomic E-state index is 13.2. The van der Waals surface area contributed by atoms with Crippen LogP contribution in [0.2, 0.25) is 0 Å². The highest BCUT2D eigenvalue weighted by molar-refractivity contribution is 7.11. The maximum Gasteiger partial charge on any atom is 0.256 e. The van der Waals surface area contributed by atoms with E-state index in [9.17, 15) is 9.18 Å². The Kier molecular flexibility index (Phi) is 3.43. The van der Waals surface area contributed by atoms with Crippen LogP contribution in [0.25, 0.3) is 0 Å². The molecule has 2 heterocycles. The number of nitrogens with one attached hydrogen (secondary N) is 1. The average molecular weight is 251 g/mol. The van der Waals surface area contributed by atoms with E-state index in [0.717, 1.165) is 9.88 Å². The molecular weight excluding hydrogens is 241 g/mol. The van der Waals surface area contributed by atoms with Crippen LogP contribution in [0.1, 0.15) is 20.2 Å². The monoisotopic (exact) mass is 251 g/mol. The van der Waals surface area contributed by atoms with Crippen molar-refractivity contribution in [1.29, 1.82) is 0 Å². The average Bonchev–Trinajstić information content (AvgIpc) is 2.73. The van der Waals surface area contributed by atoms with Gasteiger partial charge in [-0.2, -0.15) is 4.39 Å². The lowest BCUT2D eigenvalue weighted by atomic mass is 10.2. The first-order chi connectivity index (χ1) is 8.16. The summed E-state index contributed by atoms with van der Waals surface area (Å²) >= 11 is 1.49. The highest BCUT2D eigenvalue weighted by Gasteiger charge is 2.11. The summed E-state index contributed by atoms with van der Waals surface area (Å²) in [7, 11) is 0. The van der Waals surface area contributed by atoms with Gasteiger partial charge < -0.3 is 5.32 Å². The molecule has 0 atom stereocenters. The van der Waals surface area contributed by atoms with Crippen LogP contribution in [0.4, 0.5) is 4.39 Å². The quantitative estimate of drug-likeness (QED) is 0.848. The molecule has 0 aromatic carbocycles. The molecule has 0 aliphatic carbocycles. The standard InChI is InChI=1S/C11H10FN3OS/c1-7-14-5-8(17-7)6-15-11(16)9-3-2-4-13-10(9)12/h2-5H,6H2,1H3,(H,15,16). The summed E-state index contributed by atoms with van der Waals surface area (Å²) in [5.74, 6) is -1.23. The molecule has 0 spiro atoms. The second-order valence-corrected chi connectivity index (χ2v) is 4.69. The van der Waals surface area contributed by atoms with Crippen molar-refractivity contribution in [1.82, 2.24) is 15.3 Å². The molecular formula is C11H10FN3OS. The molecule has 0 aliphatic heterocycles. The third-order valence-electron chi connectivity index (χ3n) is 2.10. The molecule has 17 heavy (non-hydrogen) atoms. The largest absolute Gasteiger partial charge is 0.347 e. The fourth-order valence-electron chi connectivity index (χ4n) is 1.31. The van der Waals surface area contributed by atoms with Crippen LogP contribution in [0, 0.1) is 12.9 Å². The van der Waals surface area contributed by atoms with Gasteiger partial charge in [-0.05, 0) is 19.1 Å². The van der Waals surface area contributed by atoms with Crippen molar-refractivity contribution in [2.24, 2.45) is 0 Å². The Bertz CT molecular complexity index is 541. The normalized spacial score (nSPS) is 10.2. The molecule has 2 aromatic heterocycles. The molecule has 0 radical (unpaired) electrons. The molecule has 0 unspecified atom stereocenters. The summed E-state index contributed by atoms with van der Waals surface area (Å²) in [5.41, 5.74) is -0.0475. The Balaban J connectivity index is 2.01. The SMILES string of the molecule is Cc1ncc(CNC(=O)c2cccnc2F)s1. The molecule has 88 valence electrons. The summed E-state index contributed by atoms with van der Waals surface area (Å²) in [5, 5.41) is 3.55. The van der Waals surface area contributed by atoms with Gasteiger partial charge in [0.1, 0.15) is 0 Å². The minimum Gasteiger partial charge on any atom is -0.347 e. The van der Waals surface area contributed by atoms with Gasteiger partial charge in [-0.1, -0.05) is 0 Å². The lowest BCUT2D eigenvalue weighted by Gasteiger charge is -2.03. The van der Waals surface area contributed by atoms with E-state index in [0.29, 0.717) is 6.54 Å². The van der Waals surface area contributed by atoms with E-state index < -0.39 is 11.9 Å². The van der Waals surface area contributed by atoms with E-state index in [-0.39, 0.29) is 5.56 Å². The lowest BCUT2D eigenvalue weighted by molar-refractivity contribution is 0.0946. The molecule has 6 heteroatoms. The number of amides is 1. The number of hydrogen-bond donors (Lipinski definition) is 1. The fourth-order valence-corrected chi connectivity index (χ4v) is 2.04. The second-order valence-electron chi connectivity index (χ2n) is 3.37. The zero-order valence-corrected chi connectivity index (χ0v) is 9.92. The van der Waals surface area contributed by atoms with Crippen molar-refractivity contribution < 1.29 is 9.18 Å². The lowest BCUT2D eigenvalue weighted by Crippen LogP contribution is -2.23. The molecule has 0 bridgehead atoms. The highest BCUT2D eigenvalue weighted by atomic mass is 32.1. The van der Waals surface area contributed by atoms with Crippen molar-refractivity contribution in [3.63, 3.8) is 0 Å². The first-order valence-corrected chi connectivity index (χ1v) is 5.78. The van der Waals surface area contributed by atoms with Gasteiger partial charge in [0.25, 0.3) is 5.91 Å². The molecule has 2 aromatic rings. The topological polar surface area (TPSA) is 54.9 Å². The summed E-state index contributed by atoms with van der Waals surface area (Å²) in [6.07, 6.45) is 3.00. The van der Waals surface area contributed by atoms with E-state index in [1.54, 1.807) is 6.20 Å². The van der Waals surface area contributed by atoms with Crippen LogP contribution in [0.3, 0.4) is 0 Å². The first-order valence-electron chi connectivity index (χ1n) is 4.97. The molecule has 1 N–H and O–H groups in total. The van der Waals surface area contributed by atoms with Crippen molar-refractivity contribution in [3.8, 4) is 0 Å². The molecule has 0 fully saturated rings. The highest BCUT2D eigenvalue weighted by Crippen LogP contribution is 2.11. The van der Waals surface area contributed by atoms with Crippen LogP contribution in [-0.4, -0.2) is 15.9 Å². The number of nitrogens with zero attached hydrogens (tertiary/aromatic N) is 2. The molecule has 0 saturated heterocycles. The minimum atomic E-state index is -0.759. The number of halogens is 1. The van der Waals surface area contributed by atoms with E-state index in [2.05, 4.69) is 15.3 Å². The van der Waals surface area contributed by atoms with E-state index in [4.69, 9.17) is 0 Å². The van der Waals surface area contributed by atoms with Crippen LogP contribution in [-0.2, 0) is 6.54 Å². The van der Waals surface area contributed by atoms with Gasteiger partial charge in [-0.15, -0.1) is 11.3 Å². The zero-order valence-electron chi connectivity index (χ0n) is 9.11. The Morgan fingerprint density at radius 1 is 1.53 bits per heavy atom. The minimum absolute atomic E-state index is 0.0475. The Labute approximate surface area is 102 Å². The summed E-state index contributed by atoms with van der Waals surface area (Å²) in [6.45, 7) is 2.23. The van der Waals surface area contributed by atoms with Crippen molar-refractivity contribution in [2.75, 3.05) is 0 Å². The third kappa shape index (κ3) is 2.85. The number of aryl methyl sites for hydroxylation is 1. The summed E-state index contributed by atoms with van der Waals surface area (Å²) in [4.78, 5) is 20.1. The molecule has 4 nitrogen and oxygen atoms in total. The third-order valence-corrected chi connectivity index (χ3v) is 3.01. The van der Waals surface area contributed by atoms with Gasteiger partial charge in [-0.3, -0.25) is 4.79 Å². The van der Waals surface area contributed by atoms with Crippen LogP contribution >= 0.6 is 11.3 Å². The van der Waals surface area contributed by atoms with Gasteiger partial charge in [0.05, 0.1) is 17.1 Å². The van der Waals surface area contributed by atoms with Crippen molar-refractivity contribution >= 4 is 17.2 Å². The fraction of sp³-hybridized carbons (Fsp3) is 0.182. The zero-order chi connectivity index (χ0) is 12.3. The summed E-state index contributed by atoms with van der Waals surface area (Å²) in [6, 6.07) is 2.92. The second kappa shape index (κ2) is 5.01. The number of pyridine rings is 1. The van der Waals surface area contributed by atoms with Gasteiger partial charge in [0.2, 0.25) is 5.95 Å². The maximum absolute atomic E-state index is 13.2. The van der Waals surface area contributed by atoms with Crippen LogP contribution < -0.4 is 5.32 Å². The van der Waals surface area contributed by atoms with Crippen LogP contribution in [0.15, 0.2) is 24.5 Å². The smallest absolute Gasteiger partial charge is 0.256 e. The van der Waals surface area contributed by atoms with E-state index in [1.807, 2.05) is 6.92 Å². The molecule has 2 rings (SSSR count). The number of thiazole rings is 1. The summed E-state index contributed by atoms with van der Waals surface area (Å²) < 4.78 is 13.2. The van der Waals surface area contributed by atoms with E-state index in [1.165, 1.54) is 29.7 Å². The molecule has 0 saturated carbocycles. The Morgan fingerprint density at radius 3 is 3.00 bits per heavy atom. The van der Waals surface area contributed by atoms with Crippen molar-refractivity contribution in [2.45, 2.75) is 13.5 Å². The predicted molar refractivity (Wildman–Crippen MR) is 62.2 cm³/mol. The van der Waals surface area contributed by atoms with Crippen molar-refractivity contribution in [3.05, 3.63) is 45.9 Å². The van der Waals surface area contributed by atoms with Gasteiger partial charge in [-0.25, -0.2) is 9.97 Å². The number of aromatic nitrogens is 2. The number of carbonyl (C=O) groups is 1. The molecule has 0 aliphatic rings. The van der Waals surface area contributed by atoms with E-state index >= 15 is 0 Å². The van der Waals surface area contributed by atoms with Gasteiger partial charge in [0.15, 0.2) is 0 Å². The Hall–Kier alpha value is -1.82. The number of rotatable bonds is 3. The van der Waals surface area contributed by atoms with Crippen LogP contribution in [0.5, 0.6) is 0 Å². The first kappa shape index (κ1) is 11.7. The van der Waals surface area contributed by atoms with Gasteiger partial charge >= 0.3 is 0 Å².